The fraction of sp³-hybridized carbons (Fsp3) is 0.500. The van der Waals surface area contributed by atoms with E-state index >= 15 is 0 Å². The van der Waals surface area contributed by atoms with Crippen molar-refractivity contribution in [2.24, 2.45) is 16.7 Å². The maximum atomic E-state index is 12.4. The highest BCUT2D eigenvalue weighted by atomic mass is 35.5. The Kier molecular flexibility index (Phi) is 2.83. The van der Waals surface area contributed by atoms with Crippen LogP contribution in [0.4, 0.5) is 0 Å². The number of carbonyl (C=O) groups is 1. The van der Waals surface area contributed by atoms with Crippen molar-refractivity contribution in [3.8, 4) is 0 Å². The van der Waals surface area contributed by atoms with Crippen LogP contribution in [-0.4, -0.2) is 5.78 Å². The lowest BCUT2D eigenvalue weighted by atomic mass is 10.0. The van der Waals surface area contributed by atoms with E-state index in [1.165, 1.54) is 0 Å². The summed E-state index contributed by atoms with van der Waals surface area (Å²) in [6.45, 7) is 8.53. The molecule has 1 nitrogen and oxygen atoms in total. The predicted octanol–water partition coefficient (Wildman–Crippen LogP) is 4.86. The van der Waals surface area contributed by atoms with E-state index in [9.17, 15) is 4.79 Å². The van der Waals surface area contributed by atoms with E-state index < -0.39 is 0 Å². The number of halogens is 2. The summed E-state index contributed by atoms with van der Waals surface area (Å²) in [5.41, 5.74) is 0.759. The summed E-state index contributed by atoms with van der Waals surface area (Å²) in [5, 5.41) is 0.923. The van der Waals surface area contributed by atoms with Gasteiger partial charge in [-0.3, -0.25) is 4.79 Å². The van der Waals surface area contributed by atoms with E-state index in [1.807, 2.05) is 0 Å². The Bertz CT molecular complexity index is 475. The Balaban J connectivity index is 2.31. The van der Waals surface area contributed by atoms with E-state index in [2.05, 4.69) is 27.7 Å². The quantitative estimate of drug-likeness (QED) is 0.702. The molecule has 0 aliphatic heterocycles. The summed E-state index contributed by atoms with van der Waals surface area (Å²) >= 11 is 11.8. The van der Waals surface area contributed by atoms with Crippen LogP contribution in [-0.2, 0) is 0 Å². The smallest absolute Gasteiger partial charge is 0.167 e. The molecule has 1 aliphatic carbocycles. The molecule has 0 aromatic heterocycles. The molecule has 1 fully saturated rings. The first-order valence-corrected chi connectivity index (χ1v) is 6.44. The van der Waals surface area contributed by atoms with Crippen LogP contribution in [0.5, 0.6) is 0 Å². The molecule has 0 spiro atoms. The fourth-order valence-electron chi connectivity index (χ4n) is 2.67. The lowest BCUT2D eigenvalue weighted by Crippen LogP contribution is -2.07. The van der Waals surface area contributed by atoms with E-state index in [0.717, 1.165) is 0 Å². The van der Waals surface area contributed by atoms with Crippen molar-refractivity contribution in [1.82, 2.24) is 0 Å². The lowest BCUT2D eigenvalue weighted by molar-refractivity contribution is 0.0945. The van der Waals surface area contributed by atoms with Gasteiger partial charge in [0.05, 0.1) is 10.0 Å². The zero-order valence-electron chi connectivity index (χ0n) is 10.5. The molecule has 0 saturated heterocycles. The van der Waals surface area contributed by atoms with Crippen molar-refractivity contribution in [2.45, 2.75) is 27.7 Å². The Morgan fingerprint density at radius 2 is 1.59 bits per heavy atom. The molecule has 0 N–H and O–H groups in total. The van der Waals surface area contributed by atoms with Crippen molar-refractivity contribution in [1.29, 1.82) is 0 Å². The minimum atomic E-state index is 0.0518. The van der Waals surface area contributed by atoms with Gasteiger partial charge in [0.2, 0.25) is 0 Å². The molecular formula is C14H16Cl2O. The first-order valence-electron chi connectivity index (χ1n) is 5.69. The van der Waals surface area contributed by atoms with Crippen LogP contribution in [0.1, 0.15) is 38.1 Å². The molecule has 0 atom stereocenters. The molecule has 1 saturated carbocycles. The third-order valence-electron chi connectivity index (χ3n) is 4.49. The van der Waals surface area contributed by atoms with Gasteiger partial charge in [-0.15, -0.1) is 0 Å². The maximum absolute atomic E-state index is 12.4. The zero-order valence-corrected chi connectivity index (χ0v) is 12.0. The highest BCUT2D eigenvalue weighted by Gasteiger charge is 2.67. The van der Waals surface area contributed by atoms with Crippen molar-refractivity contribution in [2.75, 3.05) is 0 Å². The number of benzene rings is 1. The number of hydrogen-bond donors (Lipinski definition) is 0. The fourth-order valence-corrected chi connectivity index (χ4v) is 2.97. The van der Waals surface area contributed by atoms with Crippen LogP contribution in [0.15, 0.2) is 18.2 Å². The van der Waals surface area contributed by atoms with Gasteiger partial charge in [0.15, 0.2) is 5.78 Å². The third-order valence-corrected chi connectivity index (χ3v) is 5.23. The Morgan fingerprint density at radius 1 is 1.06 bits per heavy atom. The molecule has 17 heavy (non-hydrogen) atoms. The van der Waals surface area contributed by atoms with Gasteiger partial charge in [-0.1, -0.05) is 50.9 Å². The van der Waals surface area contributed by atoms with E-state index in [-0.39, 0.29) is 22.5 Å². The van der Waals surface area contributed by atoms with Gasteiger partial charge in [0.25, 0.3) is 0 Å². The van der Waals surface area contributed by atoms with Crippen molar-refractivity contribution >= 4 is 29.0 Å². The molecule has 0 radical (unpaired) electrons. The van der Waals surface area contributed by atoms with E-state index in [1.54, 1.807) is 18.2 Å². The predicted molar refractivity (Wildman–Crippen MR) is 71.8 cm³/mol. The molecular weight excluding hydrogens is 255 g/mol. The van der Waals surface area contributed by atoms with E-state index in [4.69, 9.17) is 23.2 Å². The molecule has 0 heterocycles. The van der Waals surface area contributed by atoms with Crippen molar-refractivity contribution in [3.05, 3.63) is 33.8 Å². The minimum Gasteiger partial charge on any atom is -0.294 e. The van der Waals surface area contributed by atoms with Crippen molar-refractivity contribution < 1.29 is 4.79 Å². The average Bonchev–Trinajstić information content (AvgIpc) is 2.61. The molecule has 2 rings (SSSR count). The maximum Gasteiger partial charge on any atom is 0.167 e. The molecule has 0 unspecified atom stereocenters. The van der Waals surface area contributed by atoms with Crippen molar-refractivity contribution in [3.63, 3.8) is 0 Å². The molecule has 1 aromatic carbocycles. The zero-order chi connectivity index (χ0) is 13.0. The molecule has 1 aliphatic rings. The van der Waals surface area contributed by atoms with Gasteiger partial charge in [-0.25, -0.2) is 0 Å². The molecule has 1 aromatic rings. The van der Waals surface area contributed by atoms with Gasteiger partial charge >= 0.3 is 0 Å². The minimum absolute atomic E-state index is 0.0518. The van der Waals surface area contributed by atoms with Crippen LogP contribution in [0, 0.1) is 16.7 Å². The summed E-state index contributed by atoms with van der Waals surface area (Å²) in [4.78, 5) is 12.4. The highest BCUT2D eigenvalue weighted by Crippen LogP contribution is 2.69. The van der Waals surface area contributed by atoms with Crippen LogP contribution in [0.25, 0.3) is 0 Å². The summed E-state index contributed by atoms with van der Waals surface area (Å²) in [5.74, 6) is 0.228. The summed E-state index contributed by atoms with van der Waals surface area (Å²) in [6.07, 6.45) is 0. The molecule has 0 bridgehead atoms. The topological polar surface area (TPSA) is 17.1 Å². The number of hydrogen-bond acceptors (Lipinski definition) is 1. The van der Waals surface area contributed by atoms with Crippen LogP contribution >= 0.6 is 23.2 Å². The lowest BCUT2D eigenvalue weighted by Gasteiger charge is -2.04. The summed E-state index contributed by atoms with van der Waals surface area (Å²) < 4.78 is 0. The third kappa shape index (κ3) is 1.80. The largest absolute Gasteiger partial charge is 0.294 e. The Labute approximate surface area is 112 Å². The number of ketones is 1. The summed E-state index contributed by atoms with van der Waals surface area (Å²) in [6, 6.07) is 5.09. The van der Waals surface area contributed by atoms with Gasteiger partial charge in [-0.2, -0.15) is 0 Å². The van der Waals surface area contributed by atoms with Crippen LogP contribution in [0.3, 0.4) is 0 Å². The number of Topliss-reactive ketones (excluding diaryl/α,β-unsaturated/α-hetero) is 1. The average molecular weight is 271 g/mol. The van der Waals surface area contributed by atoms with Gasteiger partial charge in [0.1, 0.15) is 0 Å². The Morgan fingerprint density at radius 3 is 2.00 bits per heavy atom. The monoisotopic (exact) mass is 270 g/mol. The van der Waals surface area contributed by atoms with Crippen LogP contribution < -0.4 is 0 Å². The number of carbonyl (C=O) groups excluding carboxylic acids is 1. The van der Waals surface area contributed by atoms with Gasteiger partial charge in [0, 0.05) is 11.5 Å². The van der Waals surface area contributed by atoms with Crippen LogP contribution in [0.2, 0.25) is 10.0 Å². The second kappa shape index (κ2) is 3.73. The summed E-state index contributed by atoms with van der Waals surface area (Å²) in [7, 11) is 0. The number of rotatable bonds is 2. The molecule has 3 heteroatoms. The van der Waals surface area contributed by atoms with Gasteiger partial charge in [-0.05, 0) is 29.0 Å². The normalized spacial score (nSPS) is 21.3. The molecule has 0 amide bonds. The standard InChI is InChI=1S/C14H16Cl2O/c1-13(2)12(14(13,3)4)11(17)8-5-6-9(15)10(16)7-8/h5-7,12H,1-4H3. The first kappa shape index (κ1) is 12.9. The van der Waals surface area contributed by atoms with Gasteiger partial charge < -0.3 is 0 Å². The second-order valence-corrected chi connectivity index (χ2v) is 6.68. The highest BCUT2D eigenvalue weighted by molar-refractivity contribution is 6.42. The second-order valence-electron chi connectivity index (χ2n) is 5.87. The Hall–Kier alpha value is -0.530. The molecule has 92 valence electrons. The first-order chi connectivity index (χ1) is 7.69. The SMILES string of the molecule is CC1(C)C(C(=O)c2ccc(Cl)c(Cl)c2)C1(C)C. The van der Waals surface area contributed by atoms with E-state index in [0.29, 0.717) is 15.6 Å².